The summed E-state index contributed by atoms with van der Waals surface area (Å²) in [6, 6.07) is 16.9. The van der Waals surface area contributed by atoms with Crippen LogP contribution in [0.25, 0.3) is 0 Å². The van der Waals surface area contributed by atoms with Crippen LogP contribution in [0.5, 0.6) is 0 Å². The Morgan fingerprint density at radius 1 is 1.24 bits per heavy atom. The maximum atomic E-state index is 12.0. The van der Waals surface area contributed by atoms with Gasteiger partial charge in [-0.05, 0) is 43.3 Å². The predicted molar refractivity (Wildman–Crippen MR) is 125 cm³/mol. The summed E-state index contributed by atoms with van der Waals surface area (Å²) in [6.45, 7) is 3.83. The minimum atomic E-state index is -4.92. The van der Waals surface area contributed by atoms with E-state index in [1.807, 2.05) is 72.5 Å². The van der Waals surface area contributed by atoms with Crippen molar-refractivity contribution in [3.8, 4) is 0 Å². The molecular weight excluding hydrogens is 464 g/mol. The van der Waals surface area contributed by atoms with Gasteiger partial charge in [0.1, 0.15) is 6.61 Å². The number of anilines is 1. The summed E-state index contributed by atoms with van der Waals surface area (Å²) in [5.41, 5.74) is 5.46. The Kier molecular flexibility index (Phi) is 10.1. The van der Waals surface area contributed by atoms with Crippen LogP contribution in [-0.2, 0) is 15.1 Å². The van der Waals surface area contributed by atoms with E-state index in [2.05, 4.69) is 27.5 Å². The highest BCUT2D eigenvalue weighted by molar-refractivity contribution is 7.79. The topological polar surface area (TPSA) is 150 Å². The van der Waals surface area contributed by atoms with Gasteiger partial charge in [0.25, 0.3) is 12.6 Å². The molecule has 1 aliphatic heterocycles. The zero-order valence-corrected chi connectivity index (χ0v) is 19.9. The predicted octanol–water partition coefficient (Wildman–Crippen LogP) is 1.86. The van der Waals surface area contributed by atoms with Crippen molar-refractivity contribution in [3.05, 3.63) is 60.2 Å². The van der Waals surface area contributed by atoms with Crippen LogP contribution in [0.3, 0.4) is 0 Å². The molecule has 0 saturated carbocycles. The lowest BCUT2D eigenvalue weighted by Gasteiger charge is -2.23. The maximum absolute atomic E-state index is 12.0. The van der Waals surface area contributed by atoms with Crippen molar-refractivity contribution in [2.24, 2.45) is 10.2 Å². The molecule has 2 aromatic carbocycles. The molecule has 0 radical (unpaired) electrons. The lowest BCUT2D eigenvalue weighted by Crippen LogP contribution is -2.36. The number of nitrogens with zero attached hydrogens (tertiary/aromatic N) is 5. The van der Waals surface area contributed by atoms with Crippen LogP contribution in [0.1, 0.15) is 17.3 Å². The van der Waals surface area contributed by atoms with Crippen molar-refractivity contribution < 1.29 is 31.6 Å². The molecule has 1 aliphatic rings. The summed E-state index contributed by atoms with van der Waals surface area (Å²) >= 11 is 0. The fourth-order valence-electron chi connectivity index (χ4n) is 2.97. The summed E-state index contributed by atoms with van der Waals surface area (Å²) in [4.78, 5) is 14.2. The highest BCUT2D eigenvalue weighted by Crippen LogP contribution is 2.20. The van der Waals surface area contributed by atoms with Crippen LogP contribution in [0.15, 0.2) is 64.8 Å². The number of hydrogen-bond acceptors (Lipinski definition) is 10. The minimum Gasteiger partial charge on any atom is -0.726 e. The summed E-state index contributed by atoms with van der Waals surface area (Å²) < 4.78 is 40.2. The van der Waals surface area contributed by atoms with Crippen LogP contribution in [0, 0.1) is 0 Å². The number of likely N-dealkylation sites (N-methyl/N-ethyl adjacent to an activating group) is 1. The van der Waals surface area contributed by atoms with Crippen molar-refractivity contribution in [1.29, 1.82) is 0 Å². The van der Waals surface area contributed by atoms with Crippen molar-refractivity contribution in [2.75, 3.05) is 38.7 Å². The Balaban J connectivity index is 0.000000739. The number of esters is 1. The first-order valence-electron chi connectivity index (χ1n) is 10.3. The summed E-state index contributed by atoms with van der Waals surface area (Å²) in [6.07, 6.45) is 1.68. The molecule has 0 aromatic heterocycles. The molecule has 2 aromatic rings. The lowest BCUT2D eigenvalue weighted by molar-refractivity contribution is -0.545. The van der Waals surface area contributed by atoms with E-state index in [1.54, 1.807) is 12.1 Å². The average molecular weight is 493 g/mol. The number of ether oxygens (including phenoxy) is 1. The van der Waals surface area contributed by atoms with E-state index >= 15 is 0 Å². The number of hydrogen-bond donors (Lipinski definition) is 2. The smallest absolute Gasteiger partial charge is 0.338 e. The molecule has 0 amide bonds. The van der Waals surface area contributed by atoms with E-state index < -0.39 is 10.4 Å². The number of carbonyl (C=O) groups excluding carboxylic acids is 1. The van der Waals surface area contributed by atoms with Crippen molar-refractivity contribution in [2.45, 2.75) is 13.2 Å². The molecule has 184 valence electrons. The standard InChI is InChI=1S/C21H26N6O2.H2O4S/c1-4-27(14-15-29-20(28)17-8-6-5-7-9-17)19-12-10-18(11-13-19)23-24-21-25(2)16-22-26(21)3;1-5(2,3)4/h5-13,16,21H,4,14-15H2,1-3H3;(H2,1,2,3,4). The Morgan fingerprint density at radius 2 is 1.85 bits per heavy atom. The number of carbonyl (C=O) groups is 1. The second-order valence-corrected chi connectivity index (χ2v) is 7.98. The fourth-order valence-corrected chi connectivity index (χ4v) is 2.97. The highest BCUT2D eigenvalue weighted by Gasteiger charge is 2.26. The van der Waals surface area contributed by atoms with E-state index in [0.29, 0.717) is 18.7 Å². The monoisotopic (exact) mass is 492 g/mol. The van der Waals surface area contributed by atoms with Crippen LogP contribution < -0.4 is 10.3 Å². The first kappa shape index (κ1) is 26.9. The third-order valence-corrected chi connectivity index (χ3v) is 4.65. The second kappa shape index (κ2) is 12.7. The van der Waals surface area contributed by atoms with Crippen molar-refractivity contribution >= 4 is 34.1 Å². The molecule has 0 saturated heterocycles. The largest absolute Gasteiger partial charge is 0.726 e. The van der Waals surface area contributed by atoms with Gasteiger partial charge >= 0.3 is 5.97 Å². The van der Waals surface area contributed by atoms with E-state index in [-0.39, 0.29) is 12.3 Å². The van der Waals surface area contributed by atoms with Crippen LogP contribution in [-0.4, -0.2) is 79.5 Å². The highest BCUT2D eigenvalue weighted by atomic mass is 32.3. The van der Waals surface area contributed by atoms with Gasteiger partial charge in [-0.25, -0.2) is 17.8 Å². The zero-order chi connectivity index (χ0) is 25.1. The van der Waals surface area contributed by atoms with E-state index in [4.69, 9.17) is 22.3 Å². The second-order valence-electron chi connectivity index (χ2n) is 7.12. The summed E-state index contributed by atoms with van der Waals surface area (Å²) in [5, 5.41) is 10.6. The van der Waals surface area contributed by atoms with E-state index in [1.165, 1.54) is 0 Å². The Bertz CT molecular complexity index is 1080. The van der Waals surface area contributed by atoms with E-state index in [9.17, 15) is 4.79 Å². The quantitative estimate of drug-likeness (QED) is 0.185. The third-order valence-electron chi connectivity index (χ3n) is 4.65. The molecule has 12 nitrogen and oxygen atoms in total. The SMILES string of the molecule is CCN(CCOC(=O)c1ccccc1)c1ccc(N=NC2N(C)NC=[N+]2C)cc1.O=S(=O)([O-])O. The molecule has 1 atom stereocenters. The van der Waals surface area contributed by atoms with Gasteiger partial charge in [0.2, 0.25) is 10.4 Å². The van der Waals surface area contributed by atoms with E-state index in [0.717, 1.165) is 17.9 Å². The molecule has 34 heavy (non-hydrogen) atoms. The molecule has 2 N–H and O–H groups in total. The van der Waals surface area contributed by atoms with Gasteiger partial charge in [-0.3, -0.25) is 4.55 Å². The van der Waals surface area contributed by atoms with Gasteiger partial charge in [-0.15, -0.1) is 5.11 Å². The van der Waals surface area contributed by atoms with Crippen LogP contribution in [0.4, 0.5) is 11.4 Å². The fraction of sp³-hybridized carbons (Fsp3) is 0.333. The summed E-state index contributed by atoms with van der Waals surface area (Å²) in [7, 11) is -1.07. The molecule has 0 fully saturated rings. The number of hydrazine groups is 1. The van der Waals surface area contributed by atoms with Crippen molar-refractivity contribution in [3.63, 3.8) is 0 Å². The lowest BCUT2D eigenvalue weighted by atomic mass is 10.2. The zero-order valence-electron chi connectivity index (χ0n) is 19.1. The Labute approximate surface area is 198 Å². The number of rotatable bonds is 8. The molecule has 0 aliphatic carbocycles. The molecule has 1 unspecified atom stereocenters. The normalized spacial score (nSPS) is 15.8. The first-order valence-corrected chi connectivity index (χ1v) is 11.7. The Morgan fingerprint density at radius 3 is 2.38 bits per heavy atom. The van der Waals surface area contributed by atoms with Gasteiger partial charge in [0.05, 0.1) is 24.8 Å². The average Bonchev–Trinajstić information content (AvgIpc) is 3.12. The molecule has 3 rings (SSSR count). The number of benzene rings is 2. The molecular formula is C21H28N6O6S. The first-order chi connectivity index (χ1) is 16.1. The molecule has 0 spiro atoms. The molecule has 1 heterocycles. The maximum Gasteiger partial charge on any atom is 0.338 e. The third kappa shape index (κ3) is 9.23. The van der Waals surface area contributed by atoms with Gasteiger partial charge in [0.15, 0.2) is 0 Å². The van der Waals surface area contributed by atoms with Gasteiger partial charge in [-0.1, -0.05) is 23.2 Å². The molecule has 0 bridgehead atoms. The van der Waals surface area contributed by atoms with Gasteiger partial charge in [-0.2, -0.15) is 10.5 Å². The van der Waals surface area contributed by atoms with Gasteiger partial charge in [0, 0.05) is 19.3 Å². The molecule has 13 heteroatoms. The minimum absolute atomic E-state index is 0.166. The van der Waals surface area contributed by atoms with Gasteiger partial charge < -0.3 is 14.2 Å². The van der Waals surface area contributed by atoms with Crippen molar-refractivity contribution in [1.82, 2.24) is 10.4 Å². The summed E-state index contributed by atoms with van der Waals surface area (Å²) in [5.74, 6) is -0.300. The van der Waals surface area contributed by atoms with Crippen LogP contribution in [0.2, 0.25) is 0 Å². The number of nitrogens with one attached hydrogen (secondary N) is 1. The Hall–Kier alpha value is -3.39. The number of azo groups is 1. The van der Waals surface area contributed by atoms with Crippen LogP contribution >= 0.6 is 0 Å².